The summed E-state index contributed by atoms with van der Waals surface area (Å²) < 4.78 is 0. The average molecular weight is 169 g/mol. The van der Waals surface area contributed by atoms with Gasteiger partial charge in [0.25, 0.3) is 0 Å². The van der Waals surface area contributed by atoms with E-state index in [1.807, 2.05) is 6.07 Å². The summed E-state index contributed by atoms with van der Waals surface area (Å²) in [5, 5.41) is 19.7. The molecule has 0 unspecified atom stereocenters. The smallest absolute Gasteiger partial charge is 0.872 e. The van der Waals surface area contributed by atoms with Crippen LogP contribution in [0.15, 0.2) is 12.1 Å². The first-order chi connectivity index (χ1) is 5.16. The van der Waals surface area contributed by atoms with Crippen LogP contribution < -0.4 is 34.7 Å². The SMILES string of the molecule is Cc1ccc(C#N)c(C)c1[O-].[Na+]. The molecular weight excluding hydrogens is 161 g/mol. The second kappa shape index (κ2) is 4.51. The van der Waals surface area contributed by atoms with E-state index < -0.39 is 0 Å². The van der Waals surface area contributed by atoms with Gasteiger partial charge in [0.2, 0.25) is 0 Å². The molecule has 1 aromatic rings. The van der Waals surface area contributed by atoms with E-state index in [0.29, 0.717) is 16.7 Å². The van der Waals surface area contributed by atoms with Crippen LogP contribution in [0.2, 0.25) is 0 Å². The van der Waals surface area contributed by atoms with Crippen LogP contribution in [0.1, 0.15) is 16.7 Å². The summed E-state index contributed by atoms with van der Waals surface area (Å²) in [6.07, 6.45) is 0. The molecule has 0 fully saturated rings. The maximum atomic E-state index is 11.2. The van der Waals surface area contributed by atoms with Gasteiger partial charge in [0.1, 0.15) is 0 Å². The maximum absolute atomic E-state index is 11.2. The van der Waals surface area contributed by atoms with E-state index in [1.165, 1.54) is 0 Å². The second-order valence-corrected chi connectivity index (χ2v) is 2.50. The standard InChI is InChI=1S/C9H9NO.Na/c1-6-3-4-8(5-10)7(2)9(6)11;/h3-4,11H,1-2H3;/q;+1/p-1. The summed E-state index contributed by atoms with van der Waals surface area (Å²) in [6, 6.07) is 5.31. The predicted molar refractivity (Wildman–Crippen MR) is 40.1 cm³/mol. The molecule has 0 saturated carbocycles. The van der Waals surface area contributed by atoms with E-state index >= 15 is 0 Å². The Morgan fingerprint density at radius 1 is 1.33 bits per heavy atom. The van der Waals surface area contributed by atoms with Gasteiger partial charge in [0.05, 0.1) is 11.6 Å². The van der Waals surface area contributed by atoms with E-state index in [4.69, 9.17) is 5.26 Å². The molecule has 0 heterocycles. The Hall–Kier alpha value is -0.490. The Balaban J connectivity index is 0.00000121. The van der Waals surface area contributed by atoms with Crippen molar-refractivity contribution in [2.45, 2.75) is 13.8 Å². The van der Waals surface area contributed by atoms with Gasteiger partial charge >= 0.3 is 29.6 Å². The molecule has 0 saturated heterocycles. The molecule has 3 heteroatoms. The van der Waals surface area contributed by atoms with Crippen molar-refractivity contribution in [3.05, 3.63) is 28.8 Å². The third kappa shape index (κ3) is 2.01. The molecule has 0 bridgehead atoms. The summed E-state index contributed by atoms with van der Waals surface area (Å²) in [7, 11) is 0. The molecule has 0 aliphatic rings. The van der Waals surface area contributed by atoms with Crippen molar-refractivity contribution in [3.8, 4) is 11.8 Å². The van der Waals surface area contributed by atoms with Gasteiger partial charge < -0.3 is 5.11 Å². The van der Waals surface area contributed by atoms with E-state index in [2.05, 4.69) is 0 Å². The molecule has 12 heavy (non-hydrogen) atoms. The van der Waals surface area contributed by atoms with E-state index in [-0.39, 0.29) is 35.3 Å². The maximum Gasteiger partial charge on any atom is 1.00 e. The Morgan fingerprint density at radius 2 is 1.92 bits per heavy atom. The van der Waals surface area contributed by atoms with E-state index in [0.717, 1.165) is 0 Å². The molecule has 2 nitrogen and oxygen atoms in total. The van der Waals surface area contributed by atoms with Gasteiger partial charge in [-0.05, 0) is 25.5 Å². The Morgan fingerprint density at radius 3 is 2.42 bits per heavy atom. The topological polar surface area (TPSA) is 46.8 Å². The minimum absolute atomic E-state index is 0. The fourth-order valence-corrected chi connectivity index (χ4v) is 0.948. The number of benzene rings is 1. The molecule has 0 radical (unpaired) electrons. The molecule has 1 rings (SSSR count). The second-order valence-electron chi connectivity index (χ2n) is 2.50. The monoisotopic (exact) mass is 169 g/mol. The van der Waals surface area contributed by atoms with Crippen LogP contribution in [-0.2, 0) is 0 Å². The van der Waals surface area contributed by atoms with Crippen LogP contribution >= 0.6 is 0 Å². The zero-order valence-electron chi connectivity index (χ0n) is 7.51. The number of nitrogens with zero attached hydrogens (tertiary/aromatic N) is 1. The molecular formula is C9H8NNaO. The molecule has 0 atom stereocenters. The molecule has 0 aliphatic heterocycles. The minimum atomic E-state index is -0.0240. The number of rotatable bonds is 0. The van der Waals surface area contributed by atoms with Crippen molar-refractivity contribution in [2.24, 2.45) is 0 Å². The van der Waals surface area contributed by atoms with Crippen LogP contribution in [0.3, 0.4) is 0 Å². The van der Waals surface area contributed by atoms with Crippen molar-refractivity contribution >= 4 is 0 Å². The zero-order chi connectivity index (χ0) is 8.43. The molecule has 0 aromatic heterocycles. The van der Waals surface area contributed by atoms with Crippen LogP contribution in [0.25, 0.3) is 0 Å². The van der Waals surface area contributed by atoms with Crippen molar-refractivity contribution in [2.75, 3.05) is 0 Å². The van der Waals surface area contributed by atoms with Crippen LogP contribution in [0.4, 0.5) is 0 Å². The summed E-state index contributed by atoms with van der Waals surface area (Å²) in [5.41, 5.74) is 1.72. The Labute approximate surface area is 94.1 Å². The first kappa shape index (κ1) is 11.5. The van der Waals surface area contributed by atoms with Gasteiger partial charge in [0.15, 0.2) is 0 Å². The van der Waals surface area contributed by atoms with Crippen LogP contribution in [-0.4, -0.2) is 0 Å². The quantitative estimate of drug-likeness (QED) is 0.432. The van der Waals surface area contributed by atoms with E-state index in [9.17, 15) is 5.11 Å². The first-order valence-electron chi connectivity index (χ1n) is 3.34. The van der Waals surface area contributed by atoms with Gasteiger partial charge in [-0.15, -0.1) is 5.75 Å². The van der Waals surface area contributed by atoms with Crippen LogP contribution in [0, 0.1) is 25.2 Å². The van der Waals surface area contributed by atoms with Gasteiger partial charge in [-0.25, -0.2) is 0 Å². The van der Waals surface area contributed by atoms with Crippen molar-refractivity contribution in [1.29, 1.82) is 5.26 Å². The Kier molecular flexibility index (Phi) is 4.33. The van der Waals surface area contributed by atoms with Gasteiger partial charge in [-0.2, -0.15) is 5.26 Å². The Bertz CT molecular complexity index is 328. The number of hydrogen-bond acceptors (Lipinski definition) is 2. The molecule has 0 N–H and O–H groups in total. The van der Waals surface area contributed by atoms with Gasteiger partial charge in [0, 0.05) is 0 Å². The zero-order valence-corrected chi connectivity index (χ0v) is 9.51. The third-order valence-corrected chi connectivity index (χ3v) is 1.72. The molecule has 0 aliphatic carbocycles. The first-order valence-corrected chi connectivity index (χ1v) is 3.34. The van der Waals surface area contributed by atoms with Crippen LogP contribution in [0.5, 0.6) is 5.75 Å². The van der Waals surface area contributed by atoms with Gasteiger partial charge in [-0.3, -0.25) is 0 Å². The average Bonchev–Trinajstić information content (AvgIpc) is 2.01. The summed E-state index contributed by atoms with van der Waals surface area (Å²) in [6.45, 7) is 3.42. The minimum Gasteiger partial charge on any atom is -0.872 e. The van der Waals surface area contributed by atoms with Crippen molar-refractivity contribution < 1.29 is 34.7 Å². The predicted octanol–water partition coefficient (Wildman–Crippen LogP) is -1.75. The fraction of sp³-hybridized carbons (Fsp3) is 0.222. The normalized spacial score (nSPS) is 8.42. The van der Waals surface area contributed by atoms with Crippen molar-refractivity contribution in [3.63, 3.8) is 0 Å². The third-order valence-electron chi connectivity index (χ3n) is 1.72. The molecule has 1 aromatic carbocycles. The number of hydrogen-bond donors (Lipinski definition) is 0. The largest absolute Gasteiger partial charge is 1.00 e. The number of aryl methyl sites for hydroxylation is 1. The number of nitriles is 1. The van der Waals surface area contributed by atoms with Crippen molar-refractivity contribution in [1.82, 2.24) is 0 Å². The fourth-order valence-electron chi connectivity index (χ4n) is 0.948. The molecule has 56 valence electrons. The van der Waals surface area contributed by atoms with Gasteiger partial charge in [-0.1, -0.05) is 11.6 Å². The van der Waals surface area contributed by atoms with E-state index in [1.54, 1.807) is 26.0 Å². The summed E-state index contributed by atoms with van der Waals surface area (Å²) in [5.74, 6) is -0.0240. The summed E-state index contributed by atoms with van der Waals surface area (Å²) >= 11 is 0. The molecule has 0 amide bonds. The summed E-state index contributed by atoms with van der Waals surface area (Å²) in [4.78, 5) is 0. The molecule has 0 spiro atoms.